The van der Waals surface area contributed by atoms with Crippen molar-refractivity contribution in [2.75, 3.05) is 5.73 Å². The van der Waals surface area contributed by atoms with Gasteiger partial charge in [0.2, 0.25) is 0 Å². The van der Waals surface area contributed by atoms with Gasteiger partial charge in [0.15, 0.2) is 0 Å². The van der Waals surface area contributed by atoms with E-state index in [4.69, 9.17) is 5.73 Å². The van der Waals surface area contributed by atoms with Gasteiger partial charge >= 0.3 is 0 Å². The SMILES string of the molecule is Cc1c(-c2ccc(O)cc2)nc(N)c(C#N)c1-c1cnn(C(C)C)c1. The highest BCUT2D eigenvalue weighted by atomic mass is 16.3. The summed E-state index contributed by atoms with van der Waals surface area (Å²) in [7, 11) is 0. The number of nitriles is 1. The van der Waals surface area contributed by atoms with Gasteiger partial charge in [-0.2, -0.15) is 10.4 Å². The van der Waals surface area contributed by atoms with E-state index in [1.54, 1.807) is 30.5 Å². The number of phenolic OH excluding ortho intramolecular Hbond substituents is 1. The van der Waals surface area contributed by atoms with Gasteiger partial charge < -0.3 is 10.8 Å². The monoisotopic (exact) mass is 333 g/mol. The van der Waals surface area contributed by atoms with Crippen LogP contribution in [0.15, 0.2) is 36.7 Å². The zero-order chi connectivity index (χ0) is 18.1. The van der Waals surface area contributed by atoms with E-state index in [1.165, 1.54) is 0 Å². The number of benzene rings is 1. The van der Waals surface area contributed by atoms with Crippen molar-refractivity contribution in [1.82, 2.24) is 14.8 Å². The van der Waals surface area contributed by atoms with Crippen molar-refractivity contribution in [3.63, 3.8) is 0 Å². The molecule has 0 amide bonds. The molecule has 3 aromatic rings. The zero-order valence-electron chi connectivity index (χ0n) is 14.4. The topological polar surface area (TPSA) is 101 Å². The third-order valence-electron chi connectivity index (χ3n) is 4.14. The summed E-state index contributed by atoms with van der Waals surface area (Å²) in [6.45, 7) is 5.99. The molecule has 2 aromatic heterocycles. The van der Waals surface area contributed by atoms with E-state index < -0.39 is 0 Å². The highest BCUT2D eigenvalue weighted by molar-refractivity contribution is 5.83. The molecule has 25 heavy (non-hydrogen) atoms. The summed E-state index contributed by atoms with van der Waals surface area (Å²) in [4.78, 5) is 4.42. The van der Waals surface area contributed by atoms with Crippen LogP contribution in [-0.4, -0.2) is 19.9 Å². The summed E-state index contributed by atoms with van der Waals surface area (Å²) in [5.41, 5.74) is 10.3. The second-order valence-electron chi connectivity index (χ2n) is 6.18. The van der Waals surface area contributed by atoms with Crippen LogP contribution >= 0.6 is 0 Å². The molecule has 0 fully saturated rings. The maximum Gasteiger partial charge on any atom is 0.142 e. The van der Waals surface area contributed by atoms with E-state index in [9.17, 15) is 10.4 Å². The quantitative estimate of drug-likeness (QED) is 0.761. The molecular formula is C19H19N5O. The Balaban J connectivity index is 2.26. The summed E-state index contributed by atoms with van der Waals surface area (Å²) in [6.07, 6.45) is 3.65. The first-order valence-corrected chi connectivity index (χ1v) is 7.96. The lowest BCUT2D eigenvalue weighted by Crippen LogP contribution is -2.03. The number of pyridine rings is 1. The van der Waals surface area contributed by atoms with E-state index in [1.807, 2.05) is 31.6 Å². The second-order valence-corrected chi connectivity index (χ2v) is 6.18. The molecular weight excluding hydrogens is 314 g/mol. The van der Waals surface area contributed by atoms with Crippen molar-refractivity contribution < 1.29 is 5.11 Å². The lowest BCUT2D eigenvalue weighted by molar-refractivity contribution is 0.475. The number of anilines is 1. The van der Waals surface area contributed by atoms with Crippen LogP contribution in [0.25, 0.3) is 22.4 Å². The number of aromatic nitrogens is 3. The molecule has 0 saturated heterocycles. The van der Waals surface area contributed by atoms with Crippen LogP contribution < -0.4 is 5.73 Å². The second kappa shape index (κ2) is 6.29. The number of rotatable bonds is 3. The number of hydrogen-bond acceptors (Lipinski definition) is 5. The fourth-order valence-electron chi connectivity index (χ4n) is 2.82. The lowest BCUT2D eigenvalue weighted by atomic mass is 9.94. The Labute approximate surface area is 146 Å². The Kier molecular flexibility index (Phi) is 4.15. The molecule has 126 valence electrons. The van der Waals surface area contributed by atoms with Crippen LogP contribution in [0, 0.1) is 18.3 Å². The number of hydrogen-bond donors (Lipinski definition) is 2. The fourth-order valence-corrected chi connectivity index (χ4v) is 2.82. The van der Waals surface area contributed by atoms with Crippen molar-refractivity contribution in [3.05, 3.63) is 47.8 Å². The Morgan fingerprint density at radius 1 is 1.20 bits per heavy atom. The minimum Gasteiger partial charge on any atom is -0.508 e. The molecule has 0 bridgehead atoms. The molecule has 0 saturated carbocycles. The van der Waals surface area contributed by atoms with Gasteiger partial charge in [0.25, 0.3) is 0 Å². The van der Waals surface area contributed by atoms with Crippen LogP contribution in [0.2, 0.25) is 0 Å². The molecule has 1 aromatic carbocycles. The van der Waals surface area contributed by atoms with Crippen LogP contribution in [-0.2, 0) is 0 Å². The number of nitrogens with two attached hydrogens (primary N) is 1. The predicted octanol–water partition coefficient (Wildman–Crippen LogP) is 3.66. The molecule has 0 aliphatic carbocycles. The molecule has 0 unspecified atom stereocenters. The minimum atomic E-state index is 0.182. The van der Waals surface area contributed by atoms with Crippen molar-refractivity contribution in [3.8, 4) is 34.2 Å². The predicted molar refractivity (Wildman–Crippen MR) is 96.8 cm³/mol. The summed E-state index contributed by atoms with van der Waals surface area (Å²) in [5.74, 6) is 0.366. The summed E-state index contributed by atoms with van der Waals surface area (Å²) >= 11 is 0. The average Bonchev–Trinajstić information content (AvgIpc) is 3.07. The molecule has 6 heteroatoms. The number of aromatic hydroxyl groups is 1. The maximum absolute atomic E-state index is 9.57. The standard InChI is InChI=1S/C19H19N5O/c1-11(2)24-10-14(9-22-24)17-12(3)18(23-19(21)16(17)8-20)13-4-6-15(25)7-5-13/h4-7,9-11,25H,1-3H3,(H2,21,23). The van der Waals surface area contributed by atoms with Crippen molar-refractivity contribution in [1.29, 1.82) is 5.26 Å². The third-order valence-corrected chi connectivity index (χ3v) is 4.14. The maximum atomic E-state index is 9.57. The van der Waals surface area contributed by atoms with Gasteiger partial charge in [-0.3, -0.25) is 4.68 Å². The van der Waals surface area contributed by atoms with Gasteiger partial charge in [-0.1, -0.05) is 0 Å². The number of nitrogens with zero attached hydrogens (tertiary/aromatic N) is 4. The Morgan fingerprint density at radius 2 is 1.88 bits per heavy atom. The molecule has 0 atom stereocenters. The first-order chi connectivity index (χ1) is 11.9. The molecule has 3 rings (SSSR count). The Morgan fingerprint density at radius 3 is 2.44 bits per heavy atom. The summed E-state index contributed by atoms with van der Waals surface area (Å²) < 4.78 is 1.84. The Hall–Kier alpha value is -3.33. The lowest BCUT2D eigenvalue weighted by Gasteiger charge is -2.14. The molecule has 0 aliphatic heterocycles. The largest absolute Gasteiger partial charge is 0.508 e. The Bertz CT molecular complexity index is 965. The van der Waals surface area contributed by atoms with E-state index in [0.29, 0.717) is 11.3 Å². The number of nitrogen functional groups attached to an aromatic ring is 1. The molecule has 0 spiro atoms. The highest BCUT2D eigenvalue weighted by Gasteiger charge is 2.19. The van der Waals surface area contributed by atoms with E-state index >= 15 is 0 Å². The minimum absolute atomic E-state index is 0.182. The van der Waals surface area contributed by atoms with Crippen LogP contribution in [0.4, 0.5) is 5.82 Å². The van der Waals surface area contributed by atoms with Gasteiger partial charge in [-0.05, 0) is 50.6 Å². The fraction of sp³-hybridized carbons (Fsp3) is 0.211. The zero-order valence-corrected chi connectivity index (χ0v) is 14.4. The van der Waals surface area contributed by atoms with Gasteiger partial charge in [0.1, 0.15) is 23.2 Å². The van der Waals surface area contributed by atoms with Gasteiger partial charge in [0, 0.05) is 28.9 Å². The van der Waals surface area contributed by atoms with Crippen molar-refractivity contribution >= 4 is 5.82 Å². The van der Waals surface area contributed by atoms with Crippen LogP contribution in [0.1, 0.15) is 31.0 Å². The van der Waals surface area contributed by atoms with E-state index in [0.717, 1.165) is 22.3 Å². The summed E-state index contributed by atoms with van der Waals surface area (Å²) in [5, 5.41) is 23.4. The molecule has 0 aliphatic rings. The normalized spacial score (nSPS) is 10.8. The smallest absolute Gasteiger partial charge is 0.142 e. The molecule has 6 nitrogen and oxygen atoms in total. The van der Waals surface area contributed by atoms with Crippen molar-refractivity contribution in [2.45, 2.75) is 26.8 Å². The van der Waals surface area contributed by atoms with Crippen LogP contribution in [0.3, 0.4) is 0 Å². The van der Waals surface area contributed by atoms with Crippen molar-refractivity contribution in [2.24, 2.45) is 0 Å². The highest BCUT2D eigenvalue weighted by Crippen LogP contribution is 2.36. The average molecular weight is 333 g/mol. The van der Waals surface area contributed by atoms with E-state index in [2.05, 4.69) is 16.2 Å². The van der Waals surface area contributed by atoms with Crippen LogP contribution in [0.5, 0.6) is 5.75 Å². The molecule has 3 N–H and O–H groups in total. The number of phenols is 1. The third kappa shape index (κ3) is 2.92. The van der Waals surface area contributed by atoms with E-state index in [-0.39, 0.29) is 17.6 Å². The molecule has 2 heterocycles. The van der Waals surface area contributed by atoms with Gasteiger partial charge in [-0.15, -0.1) is 0 Å². The van der Waals surface area contributed by atoms with Gasteiger partial charge in [-0.25, -0.2) is 4.98 Å². The summed E-state index contributed by atoms with van der Waals surface area (Å²) in [6, 6.07) is 9.13. The first-order valence-electron chi connectivity index (χ1n) is 7.96. The van der Waals surface area contributed by atoms with Gasteiger partial charge in [0.05, 0.1) is 11.9 Å². The molecule has 0 radical (unpaired) electrons. The first kappa shape index (κ1) is 16.5.